The minimum atomic E-state index is -1.42. The van der Waals surface area contributed by atoms with Crippen LogP contribution in [0.3, 0.4) is 0 Å². The van der Waals surface area contributed by atoms with E-state index < -0.39 is 126 Å². The van der Waals surface area contributed by atoms with Crippen LogP contribution in [-0.2, 0) is 60.8 Å². The van der Waals surface area contributed by atoms with Crippen LogP contribution in [-0.4, -0.2) is 141 Å². The SMILES string of the molecule is CC[C@H](C)[C@H](NC(=O)[C@H](C)NC(=O)[C@H](CCCCN)NC(=O)[C@H](Cc1ccc(O)cc1)NC(=O)[C@H](CC(C)C)NC(=O)[C@H](CCC(=O)O)NC(=O)CN)C(=O)N[C@@H](CC(C)C)C(=O)N[C@@H](Cc1ccc(O)cc1)C(=O)O. The first-order valence-corrected chi connectivity index (χ1v) is 25.6. The summed E-state index contributed by atoms with van der Waals surface area (Å²) in [6.45, 7) is 11.7. The molecular weight excluding hydrogens is 989 g/mol. The quantitative estimate of drug-likeness (QED) is 0.0409. The van der Waals surface area contributed by atoms with Gasteiger partial charge in [-0.05, 0) is 105 Å². The zero-order chi connectivity index (χ0) is 57.2. The Labute approximate surface area is 443 Å². The Kier molecular flexibility index (Phi) is 28.0. The Morgan fingerprint density at radius 2 is 0.908 bits per heavy atom. The van der Waals surface area contributed by atoms with Crippen LogP contribution in [0.4, 0.5) is 0 Å². The van der Waals surface area contributed by atoms with Crippen molar-refractivity contribution in [2.24, 2.45) is 29.2 Å². The summed E-state index contributed by atoms with van der Waals surface area (Å²) in [5.41, 5.74) is 12.2. The highest BCUT2D eigenvalue weighted by Crippen LogP contribution is 2.16. The van der Waals surface area contributed by atoms with Gasteiger partial charge in [-0.1, -0.05) is 72.2 Å². The summed E-state index contributed by atoms with van der Waals surface area (Å²) in [5.74, 6) is -9.95. The molecule has 2 aromatic carbocycles. The fourth-order valence-electron chi connectivity index (χ4n) is 7.81. The average Bonchev–Trinajstić information content (AvgIpc) is 3.35. The van der Waals surface area contributed by atoms with E-state index >= 15 is 0 Å². The maximum Gasteiger partial charge on any atom is 0.326 e. The summed E-state index contributed by atoms with van der Waals surface area (Å²) >= 11 is 0. The molecule has 0 aromatic heterocycles. The second-order valence-corrected chi connectivity index (χ2v) is 19.8. The van der Waals surface area contributed by atoms with E-state index in [4.69, 9.17) is 11.5 Å². The van der Waals surface area contributed by atoms with Crippen molar-refractivity contribution < 1.29 is 68.4 Å². The molecule has 0 saturated carbocycles. The van der Waals surface area contributed by atoms with Crippen LogP contribution in [0.1, 0.15) is 111 Å². The zero-order valence-electron chi connectivity index (χ0n) is 44.5. The summed E-state index contributed by atoms with van der Waals surface area (Å²) in [7, 11) is 0. The monoisotopic (exact) mass is 1070 g/mol. The number of carbonyl (C=O) groups is 10. The van der Waals surface area contributed by atoms with E-state index in [0.717, 1.165) is 0 Å². The topological polar surface area (TPSA) is 400 Å². The van der Waals surface area contributed by atoms with Crippen molar-refractivity contribution in [1.82, 2.24) is 42.5 Å². The van der Waals surface area contributed by atoms with Crippen LogP contribution in [0.5, 0.6) is 11.5 Å². The lowest BCUT2D eigenvalue weighted by atomic mass is 9.96. The molecule has 0 radical (unpaired) electrons. The molecule has 0 heterocycles. The van der Waals surface area contributed by atoms with Gasteiger partial charge in [0.2, 0.25) is 47.3 Å². The van der Waals surface area contributed by atoms with E-state index in [1.165, 1.54) is 55.5 Å². The van der Waals surface area contributed by atoms with Crippen molar-refractivity contribution >= 4 is 59.2 Å². The number of phenols is 2. The molecule has 422 valence electrons. The molecule has 0 bridgehead atoms. The highest BCUT2D eigenvalue weighted by Gasteiger charge is 2.36. The van der Waals surface area contributed by atoms with Gasteiger partial charge in [-0.25, -0.2) is 4.79 Å². The van der Waals surface area contributed by atoms with Crippen LogP contribution in [0.2, 0.25) is 0 Å². The Balaban J connectivity index is 2.38. The Hall–Kier alpha value is -7.34. The molecule has 16 N–H and O–H groups in total. The normalized spacial score (nSPS) is 14.7. The molecule has 0 saturated heterocycles. The van der Waals surface area contributed by atoms with Crippen molar-refractivity contribution in [3.8, 4) is 11.5 Å². The number of nitrogens with two attached hydrogens (primary N) is 2. The van der Waals surface area contributed by atoms with E-state index in [0.29, 0.717) is 30.4 Å². The molecule has 2 aromatic rings. The Bertz CT molecular complexity index is 2260. The number of phenolic OH excluding ortho intramolecular Hbond substituents is 2. The highest BCUT2D eigenvalue weighted by molar-refractivity contribution is 5.98. The zero-order valence-corrected chi connectivity index (χ0v) is 44.5. The summed E-state index contributed by atoms with van der Waals surface area (Å²) in [5, 5.41) is 59.5. The standard InChI is InChI=1S/C52H80N10O14/c1-8-30(6)44(51(74)60-39(24-29(4)5)49(72)61-41(52(75)76)26-33-14-18-35(64)19-15-33)62-45(68)31(7)55-46(69)36(11-9-10-22-53)57-50(73)40(25-32-12-16-34(63)17-13-32)59-48(71)38(23-28(2)3)58-47(70)37(20-21-43(66)67)56-42(65)27-54/h12-19,28-31,36-41,44,63-64H,8-11,20-27,53-54H2,1-7H3,(H,55,69)(H,56,65)(H,57,73)(H,58,70)(H,59,71)(H,60,74)(H,61,72)(H,62,68)(H,66,67)(H,75,76)/t30-,31-,36-,37-,38-,39-,40-,41-,44-/m0/s1. The number of carbonyl (C=O) groups excluding carboxylic acids is 8. The first kappa shape index (κ1) is 64.8. The van der Waals surface area contributed by atoms with Gasteiger partial charge in [0.15, 0.2) is 0 Å². The van der Waals surface area contributed by atoms with Crippen LogP contribution in [0.15, 0.2) is 48.5 Å². The summed E-state index contributed by atoms with van der Waals surface area (Å²) in [6.07, 6.45) is 0.216. The average molecular weight is 1070 g/mol. The third kappa shape index (κ3) is 23.5. The van der Waals surface area contributed by atoms with Crippen molar-refractivity contribution in [3.05, 3.63) is 59.7 Å². The first-order chi connectivity index (χ1) is 35.8. The summed E-state index contributed by atoms with van der Waals surface area (Å²) < 4.78 is 0. The number of carboxylic acid groups (broad SMARTS) is 2. The number of benzene rings is 2. The molecule has 9 atom stereocenters. The van der Waals surface area contributed by atoms with Gasteiger partial charge in [-0.3, -0.25) is 43.2 Å². The number of rotatable bonds is 34. The van der Waals surface area contributed by atoms with Gasteiger partial charge >= 0.3 is 11.9 Å². The lowest BCUT2D eigenvalue weighted by Gasteiger charge is -2.29. The Morgan fingerprint density at radius 3 is 1.37 bits per heavy atom. The van der Waals surface area contributed by atoms with Crippen molar-refractivity contribution in [1.29, 1.82) is 0 Å². The number of hydrogen-bond donors (Lipinski definition) is 14. The smallest absolute Gasteiger partial charge is 0.326 e. The van der Waals surface area contributed by atoms with Gasteiger partial charge in [0.25, 0.3) is 0 Å². The molecule has 24 heteroatoms. The molecule has 24 nitrogen and oxygen atoms in total. The Morgan fingerprint density at radius 1 is 0.487 bits per heavy atom. The molecule has 0 aliphatic heterocycles. The molecule has 0 fully saturated rings. The van der Waals surface area contributed by atoms with Gasteiger partial charge in [-0.2, -0.15) is 0 Å². The number of hydrogen-bond acceptors (Lipinski definition) is 14. The van der Waals surface area contributed by atoms with Crippen LogP contribution in [0.25, 0.3) is 0 Å². The molecule has 0 aliphatic carbocycles. The molecular formula is C52H80N10O14. The van der Waals surface area contributed by atoms with Crippen molar-refractivity contribution in [2.75, 3.05) is 13.1 Å². The maximum absolute atomic E-state index is 14.3. The number of nitrogens with one attached hydrogen (secondary N) is 8. The molecule has 0 spiro atoms. The van der Waals surface area contributed by atoms with Crippen LogP contribution >= 0.6 is 0 Å². The second kappa shape index (κ2) is 32.9. The van der Waals surface area contributed by atoms with Crippen molar-refractivity contribution in [3.63, 3.8) is 0 Å². The number of unbranched alkanes of at least 4 members (excludes halogenated alkanes) is 1. The van der Waals surface area contributed by atoms with E-state index in [1.807, 2.05) is 0 Å². The van der Waals surface area contributed by atoms with Crippen LogP contribution < -0.4 is 54.0 Å². The van der Waals surface area contributed by atoms with Gasteiger partial charge in [0.05, 0.1) is 6.54 Å². The summed E-state index contributed by atoms with van der Waals surface area (Å²) in [6, 6.07) is 1.01. The number of aromatic hydroxyl groups is 2. The second-order valence-electron chi connectivity index (χ2n) is 19.8. The predicted molar refractivity (Wildman–Crippen MR) is 280 cm³/mol. The summed E-state index contributed by atoms with van der Waals surface area (Å²) in [4.78, 5) is 133. The third-order valence-corrected chi connectivity index (χ3v) is 12.3. The molecule has 0 aliphatic rings. The van der Waals surface area contributed by atoms with Gasteiger partial charge in [-0.15, -0.1) is 0 Å². The fourth-order valence-corrected chi connectivity index (χ4v) is 7.81. The number of carboxylic acids is 2. The third-order valence-electron chi connectivity index (χ3n) is 12.3. The van der Waals surface area contributed by atoms with Crippen molar-refractivity contribution in [2.45, 2.75) is 161 Å². The van der Waals surface area contributed by atoms with E-state index in [2.05, 4.69) is 42.5 Å². The van der Waals surface area contributed by atoms with E-state index in [1.54, 1.807) is 41.5 Å². The minimum absolute atomic E-state index is 0.0239. The minimum Gasteiger partial charge on any atom is -0.508 e. The van der Waals surface area contributed by atoms with E-state index in [9.17, 15) is 68.4 Å². The molecule has 8 amide bonds. The highest BCUT2D eigenvalue weighted by atomic mass is 16.4. The molecule has 0 unspecified atom stereocenters. The largest absolute Gasteiger partial charge is 0.508 e. The van der Waals surface area contributed by atoms with Gasteiger partial charge in [0.1, 0.15) is 59.8 Å². The predicted octanol–water partition coefficient (Wildman–Crippen LogP) is -0.0433. The molecule has 2 rings (SSSR count). The van der Waals surface area contributed by atoms with E-state index in [-0.39, 0.29) is 68.4 Å². The van der Waals surface area contributed by atoms with Crippen LogP contribution in [0, 0.1) is 17.8 Å². The first-order valence-electron chi connectivity index (χ1n) is 25.6. The van der Waals surface area contributed by atoms with Gasteiger partial charge < -0.3 is 74.4 Å². The molecule has 76 heavy (non-hydrogen) atoms. The lowest BCUT2D eigenvalue weighted by molar-refractivity contribution is -0.142. The van der Waals surface area contributed by atoms with Gasteiger partial charge in [0, 0.05) is 19.3 Å². The number of amides is 8. The maximum atomic E-state index is 14.3. The fraction of sp³-hybridized carbons (Fsp3) is 0.577. The number of aliphatic carboxylic acids is 2. The lowest BCUT2D eigenvalue weighted by Crippen LogP contribution is -2.61.